The van der Waals surface area contributed by atoms with Crippen molar-refractivity contribution in [3.8, 4) is 11.3 Å². The molecule has 0 saturated carbocycles. The third kappa shape index (κ3) is 5.14. The fourth-order valence-corrected chi connectivity index (χ4v) is 3.94. The number of nitrogens with zero attached hydrogens (tertiary/aromatic N) is 2. The summed E-state index contributed by atoms with van der Waals surface area (Å²) in [6.07, 6.45) is 0. The van der Waals surface area contributed by atoms with Crippen molar-refractivity contribution < 1.29 is 14.8 Å². The van der Waals surface area contributed by atoms with Crippen LogP contribution in [-0.2, 0) is 0 Å². The fraction of sp³-hybridized carbons (Fsp3) is 0.0345. The second kappa shape index (κ2) is 10.3. The van der Waals surface area contributed by atoms with Crippen molar-refractivity contribution in [2.45, 2.75) is 6.92 Å². The molecule has 37 heavy (non-hydrogen) atoms. The van der Waals surface area contributed by atoms with E-state index in [4.69, 9.17) is 10.2 Å². The summed E-state index contributed by atoms with van der Waals surface area (Å²) in [4.78, 5) is 34.0. The van der Waals surface area contributed by atoms with Crippen molar-refractivity contribution in [1.29, 1.82) is 0 Å². The number of para-hydroxylation sites is 1. The molecule has 4 N–H and O–H groups in total. The molecule has 8 nitrogen and oxygen atoms in total. The van der Waals surface area contributed by atoms with Gasteiger partial charge >= 0.3 is 0 Å². The second-order valence-electron chi connectivity index (χ2n) is 8.41. The minimum atomic E-state index is -0.655. The predicted octanol–water partition coefficient (Wildman–Crippen LogP) is 5.72. The Hall–Kier alpha value is -5.08. The summed E-state index contributed by atoms with van der Waals surface area (Å²) in [5, 5.41) is 15.9. The Bertz CT molecular complexity index is 1600. The maximum Gasteiger partial charge on any atom is 0.274 e. The Labute approximate surface area is 213 Å². The van der Waals surface area contributed by atoms with E-state index in [1.807, 2.05) is 61.5 Å². The van der Waals surface area contributed by atoms with E-state index in [1.54, 1.807) is 41.9 Å². The Balaban J connectivity index is 1.37. The molecule has 0 radical (unpaired) electrons. The largest absolute Gasteiger partial charge is 0.324 e. The highest BCUT2D eigenvalue weighted by Crippen LogP contribution is 2.28. The van der Waals surface area contributed by atoms with E-state index in [9.17, 15) is 9.59 Å². The van der Waals surface area contributed by atoms with Crippen LogP contribution in [0.2, 0.25) is 0 Å². The summed E-state index contributed by atoms with van der Waals surface area (Å²) in [6, 6.07) is 29.5. The van der Waals surface area contributed by atoms with Gasteiger partial charge in [-0.2, -0.15) is 0 Å². The lowest BCUT2D eigenvalue weighted by Crippen LogP contribution is -2.19. The average molecular weight is 490 g/mol. The molecular weight excluding hydrogens is 466 g/mol. The van der Waals surface area contributed by atoms with Gasteiger partial charge in [-0.1, -0.05) is 54.6 Å². The molecule has 0 fully saturated rings. The van der Waals surface area contributed by atoms with Crippen LogP contribution >= 0.6 is 0 Å². The van der Waals surface area contributed by atoms with E-state index < -0.39 is 5.91 Å². The molecule has 0 saturated heterocycles. The van der Waals surface area contributed by atoms with Gasteiger partial charge in [0, 0.05) is 33.5 Å². The van der Waals surface area contributed by atoms with Crippen molar-refractivity contribution in [3.63, 3.8) is 0 Å². The number of benzene rings is 4. The zero-order valence-electron chi connectivity index (χ0n) is 19.9. The van der Waals surface area contributed by atoms with Gasteiger partial charge in [0.1, 0.15) is 0 Å². The Kier molecular flexibility index (Phi) is 6.56. The molecule has 0 bridgehead atoms. The lowest BCUT2D eigenvalue weighted by Gasteiger charge is -2.12. The van der Waals surface area contributed by atoms with E-state index in [0.29, 0.717) is 17.2 Å². The first-order valence-electron chi connectivity index (χ1n) is 11.6. The molecule has 8 heteroatoms. The van der Waals surface area contributed by atoms with E-state index >= 15 is 0 Å². The van der Waals surface area contributed by atoms with E-state index in [1.165, 1.54) is 6.07 Å². The van der Waals surface area contributed by atoms with E-state index in [0.717, 1.165) is 33.4 Å². The number of nitrogens with one attached hydrogen (secondary N) is 3. The summed E-state index contributed by atoms with van der Waals surface area (Å²) >= 11 is 0. The highest BCUT2D eigenvalue weighted by molar-refractivity contribution is 6.05. The standard InChI is InChI=1S/C29H23N5O3/c1-18-11-12-21(28(36)34-37)17-25(18)31-27(35)20-13-15-22(16-14-20)30-29-32-24-10-6-5-9-23(24)26(33-29)19-7-3-2-4-8-19/h2-17,37H,1H3,(H,31,35)(H,34,36)(H,30,32,33). The van der Waals surface area contributed by atoms with Crippen LogP contribution in [0.3, 0.4) is 0 Å². The number of hydrogen-bond donors (Lipinski definition) is 4. The van der Waals surface area contributed by atoms with Gasteiger partial charge in [0.2, 0.25) is 5.95 Å². The quantitative estimate of drug-likeness (QED) is 0.179. The van der Waals surface area contributed by atoms with Crippen LogP contribution in [0.25, 0.3) is 22.2 Å². The van der Waals surface area contributed by atoms with Crippen LogP contribution in [0.15, 0.2) is 97.1 Å². The number of fused-ring (bicyclic) bond motifs is 1. The highest BCUT2D eigenvalue weighted by Gasteiger charge is 2.13. The number of hydrogen-bond acceptors (Lipinski definition) is 6. The predicted molar refractivity (Wildman–Crippen MR) is 143 cm³/mol. The fourth-order valence-electron chi connectivity index (χ4n) is 3.94. The minimum absolute atomic E-state index is 0.230. The van der Waals surface area contributed by atoms with Gasteiger partial charge in [0.15, 0.2) is 0 Å². The molecule has 1 aromatic heterocycles. The van der Waals surface area contributed by atoms with Crippen LogP contribution in [0.4, 0.5) is 17.3 Å². The summed E-state index contributed by atoms with van der Waals surface area (Å²) < 4.78 is 0. The molecule has 5 aromatic rings. The number of rotatable bonds is 6. The van der Waals surface area contributed by atoms with Crippen molar-refractivity contribution in [3.05, 3.63) is 114 Å². The number of amides is 2. The van der Waals surface area contributed by atoms with Crippen molar-refractivity contribution in [2.75, 3.05) is 10.6 Å². The molecule has 5 rings (SSSR count). The van der Waals surface area contributed by atoms with Crippen LogP contribution in [0.5, 0.6) is 0 Å². The van der Waals surface area contributed by atoms with Crippen LogP contribution < -0.4 is 16.1 Å². The monoisotopic (exact) mass is 489 g/mol. The maximum absolute atomic E-state index is 12.8. The van der Waals surface area contributed by atoms with Gasteiger partial charge < -0.3 is 10.6 Å². The molecule has 4 aromatic carbocycles. The number of aromatic nitrogens is 2. The molecule has 2 amide bonds. The molecule has 182 valence electrons. The van der Waals surface area contributed by atoms with Gasteiger partial charge in [0.05, 0.1) is 11.2 Å². The zero-order chi connectivity index (χ0) is 25.8. The third-order valence-electron chi connectivity index (χ3n) is 5.90. The molecule has 0 aliphatic heterocycles. The summed E-state index contributed by atoms with van der Waals surface area (Å²) in [7, 11) is 0. The first-order valence-corrected chi connectivity index (χ1v) is 11.6. The Morgan fingerprint density at radius 1 is 0.757 bits per heavy atom. The lowest BCUT2D eigenvalue weighted by atomic mass is 10.1. The number of aryl methyl sites for hydroxylation is 1. The first kappa shape index (κ1) is 23.7. The van der Waals surface area contributed by atoms with Crippen molar-refractivity contribution in [2.24, 2.45) is 0 Å². The van der Waals surface area contributed by atoms with Crippen molar-refractivity contribution >= 4 is 40.0 Å². The number of hydroxylamine groups is 1. The molecule has 0 spiro atoms. The van der Waals surface area contributed by atoms with Gasteiger partial charge in [-0.15, -0.1) is 0 Å². The maximum atomic E-state index is 12.8. The zero-order valence-corrected chi connectivity index (χ0v) is 19.9. The second-order valence-corrected chi connectivity index (χ2v) is 8.41. The summed E-state index contributed by atoms with van der Waals surface area (Å²) in [5.41, 5.74) is 6.89. The van der Waals surface area contributed by atoms with Crippen molar-refractivity contribution in [1.82, 2.24) is 15.4 Å². The Morgan fingerprint density at radius 2 is 1.46 bits per heavy atom. The lowest BCUT2D eigenvalue weighted by molar-refractivity contribution is 0.0706. The van der Waals surface area contributed by atoms with Gasteiger partial charge in [0.25, 0.3) is 11.8 Å². The molecular formula is C29H23N5O3. The first-order chi connectivity index (χ1) is 18.0. The summed E-state index contributed by atoms with van der Waals surface area (Å²) in [5.74, 6) is -0.536. The van der Waals surface area contributed by atoms with Crippen LogP contribution in [0, 0.1) is 6.92 Å². The van der Waals surface area contributed by atoms with Gasteiger partial charge in [-0.25, -0.2) is 15.4 Å². The smallest absolute Gasteiger partial charge is 0.274 e. The highest BCUT2D eigenvalue weighted by atomic mass is 16.5. The SMILES string of the molecule is Cc1ccc(C(=O)NO)cc1NC(=O)c1ccc(Nc2nc(-c3ccccc3)c3ccccc3n2)cc1. The third-order valence-corrected chi connectivity index (χ3v) is 5.90. The van der Waals surface area contributed by atoms with Gasteiger partial charge in [-0.05, 0) is 55.0 Å². The average Bonchev–Trinajstić information content (AvgIpc) is 2.94. The van der Waals surface area contributed by atoms with Crippen LogP contribution in [-0.4, -0.2) is 27.0 Å². The molecule has 1 heterocycles. The van der Waals surface area contributed by atoms with Gasteiger partial charge in [-0.3, -0.25) is 14.8 Å². The minimum Gasteiger partial charge on any atom is -0.324 e. The normalized spacial score (nSPS) is 10.6. The molecule has 0 aliphatic rings. The Morgan fingerprint density at radius 3 is 2.22 bits per heavy atom. The van der Waals surface area contributed by atoms with E-state index in [2.05, 4.69) is 15.6 Å². The van der Waals surface area contributed by atoms with E-state index in [-0.39, 0.29) is 11.5 Å². The summed E-state index contributed by atoms with van der Waals surface area (Å²) in [6.45, 7) is 1.82. The molecule has 0 unspecified atom stereocenters. The number of carbonyl (C=O) groups excluding carboxylic acids is 2. The molecule has 0 aliphatic carbocycles. The molecule has 0 atom stereocenters. The topological polar surface area (TPSA) is 116 Å². The number of carbonyl (C=O) groups is 2. The van der Waals surface area contributed by atoms with Crippen LogP contribution in [0.1, 0.15) is 26.3 Å². The number of anilines is 3.